The lowest BCUT2D eigenvalue weighted by atomic mass is 10.3. The minimum atomic E-state index is -1.07. The molecular weight excluding hydrogens is 264 g/mol. The van der Waals surface area contributed by atoms with Gasteiger partial charge in [0.2, 0.25) is 5.76 Å². The minimum absolute atomic E-state index is 0.129. The summed E-state index contributed by atoms with van der Waals surface area (Å²) in [4.78, 5) is 28.6. The highest BCUT2D eigenvalue weighted by Crippen LogP contribution is 2.40. The maximum atomic E-state index is 12.3. The summed E-state index contributed by atoms with van der Waals surface area (Å²) in [6.07, 6.45) is 2.05. The number of aromatic nitrogens is 1. The van der Waals surface area contributed by atoms with E-state index in [1.54, 1.807) is 6.92 Å². The maximum Gasteiger partial charge on any atom is 0.323 e. The number of hydrogen-bond donors (Lipinski definition) is 1. The van der Waals surface area contributed by atoms with Crippen LogP contribution in [0.25, 0.3) is 0 Å². The number of aryl methyl sites for hydroxylation is 1. The van der Waals surface area contributed by atoms with Crippen LogP contribution in [0.1, 0.15) is 40.9 Å². The topological polar surface area (TPSA) is 92.9 Å². The fraction of sp³-hybridized carbons (Fsp3) is 0.615. The molecule has 1 aromatic rings. The zero-order chi connectivity index (χ0) is 14.7. The zero-order valence-electron chi connectivity index (χ0n) is 11.6. The SMILES string of the molecule is COCCN(CC(=O)O)C(=O)c1oc(C2CC2)nc1C. The van der Waals surface area contributed by atoms with Crippen molar-refractivity contribution < 1.29 is 23.8 Å². The Morgan fingerprint density at radius 2 is 2.20 bits per heavy atom. The molecule has 0 bridgehead atoms. The van der Waals surface area contributed by atoms with Crippen molar-refractivity contribution in [2.45, 2.75) is 25.7 Å². The molecule has 0 unspecified atom stereocenters. The predicted octanol–water partition coefficient (Wildman–Crippen LogP) is 1.03. The molecule has 20 heavy (non-hydrogen) atoms. The smallest absolute Gasteiger partial charge is 0.323 e. The van der Waals surface area contributed by atoms with E-state index in [1.807, 2.05) is 0 Å². The van der Waals surface area contributed by atoms with Gasteiger partial charge in [0.15, 0.2) is 5.89 Å². The second-order valence-corrected chi connectivity index (χ2v) is 4.85. The van der Waals surface area contributed by atoms with Gasteiger partial charge in [-0.05, 0) is 19.8 Å². The van der Waals surface area contributed by atoms with E-state index in [0.29, 0.717) is 17.5 Å². The first-order chi connectivity index (χ1) is 9.52. The molecule has 7 heteroatoms. The lowest BCUT2D eigenvalue weighted by Gasteiger charge is -2.18. The fourth-order valence-corrected chi connectivity index (χ4v) is 1.88. The summed E-state index contributed by atoms with van der Waals surface area (Å²) >= 11 is 0. The second-order valence-electron chi connectivity index (χ2n) is 4.85. The summed E-state index contributed by atoms with van der Waals surface area (Å²) < 4.78 is 10.4. The third kappa shape index (κ3) is 3.36. The molecule has 1 amide bonds. The van der Waals surface area contributed by atoms with Gasteiger partial charge in [-0.3, -0.25) is 9.59 Å². The van der Waals surface area contributed by atoms with Crippen molar-refractivity contribution in [3.8, 4) is 0 Å². The third-order valence-electron chi connectivity index (χ3n) is 3.11. The van der Waals surface area contributed by atoms with Gasteiger partial charge >= 0.3 is 5.97 Å². The lowest BCUT2D eigenvalue weighted by Crippen LogP contribution is -2.38. The Balaban J connectivity index is 2.14. The van der Waals surface area contributed by atoms with Gasteiger partial charge in [-0.1, -0.05) is 0 Å². The normalized spacial score (nSPS) is 14.3. The maximum absolute atomic E-state index is 12.3. The van der Waals surface area contributed by atoms with Crippen molar-refractivity contribution in [3.63, 3.8) is 0 Å². The zero-order valence-corrected chi connectivity index (χ0v) is 11.6. The summed E-state index contributed by atoms with van der Waals surface area (Å²) in [7, 11) is 1.49. The number of oxazole rings is 1. The molecule has 1 aromatic heterocycles. The number of ether oxygens (including phenoxy) is 1. The minimum Gasteiger partial charge on any atom is -0.480 e. The van der Waals surface area contributed by atoms with Gasteiger partial charge in [0.1, 0.15) is 6.54 Å². The molecule has 1 aliphatic rings. The number of rotatable bonds is 7. The Morgan fingerprint density at radius 1 is 1.50 bits per heavy atom. The number of carbonyl (C=O) groups excluding carboxylic acids is 1. The van der Waals surface area contributed by atoms with Crippen LogP contribution >= 0.6 is 0 Å². The molecule has 0 spiro atoms. The van der Waals surface area contributed by atoms with Crippen molar-refractivity contribution in [1.29, 1.82) is 0 Å². The van der Waals surface area contributed by atoms with E-state index in [-0.39, 0.29) is 25.5 Å². The summed E-state index contributed by atoms with van der Waals surface area (Å²) in [6.45, 7) is 1.77. The first kappa shape index (κ1) is 14.5. The number of hydrogen-bond acceptors (Lipinski definition) is 5. The first-order valence-electron chi connectivity index (χ1n) is 6.50. The van der Waals surface area contributed by atoms with Crippen molar-refractivity contribution in [1.82, 2.24) is 9.88 Å². The van der Waals surface area contributed by atoms with Gasteiger partial charge in [-0.25, -0.2) is 4.98 Å². The lowest BCUT2D eigenvalue weighted by molar-refractivity contribution is -0.137. The second kappa shape index (κ2) is 6.04. The molecule has 1 aliphatic carbocycles. The van der Waals surface area contributed by atoms with E-state index in [2.05, 4.69) is 4.98 Å². The fourth-order valence-electron chi connectivity index (χ4n) is 1.88. The van der Waals surface area contributed by atoms with Gasteiger partial charge in [0.05, 0.1) is 12.3 Å². The third-order valence-corrected chi connectivity index (χ3v) is 3.11. The van der Waals surface area contributed by atoms with Crippen molar-refractivity contribution in [3.05, 3.63) is 17.3 Å². The highest BCUT2D eigenvalue weighted by Gasteiger charge is 2.32. The Bertz CT molecular complexity index is 507. The van der Waals surface area contributed by atoms with E-state index < -0.39 is 11.9 Å². The van der Waals surface area contributed by atoms with Gasteiger partial charge in [-0.2, -0.15) is 0 Å². The molecule has 1 saturated carbocycles. The van der Waals surface area contributed by atoms with Crippen molar-refractivity contribution in [2.75, 3.05) is 26.8 Å². The summed E-state index contributed by atoms with van der Waals surface area (Å²) in [5, 5.41) is 8.87. The van der Waals surface area contributed by atoms with Gasteiger partial charge in [0.25, 0.3) is 5.91 Å². The highest BCUT2D eigenvalue weighted by atomic mass is 16.5. The van der Waals surface area contributed by atoms with Crippen LogP contribution in [0.5, 0.6) is 0 Å². The number of amides is 1. The molecule has 0 saturated heterocycles. The Hall–Kier alpha value is -1.89. The Kier molecular flexibility index (Phi) is 4.39. The molecule has 1 N–H and O–H groups in total. The molecule has 0 atom stereocenters. The summed E-state index contributed by atoms with van der Waals surface area (Å²) in [6, 6.07) is 0. The molecule has 0 aromatic carbocycles. The molecular formula is C13H18N2O5. The van der Waals surface area contributed by atoms with Crippen LogP contribution in [0.3, 0.4) is 0 Å². The molecule has 1 fully saturated rings. The van der Waals surface area contributed by atoms with Crippen LogP contribution in [0.4, 0.5) is 0 Å². The average Bonchev–Trinajstić information content (AvgIpc) is 3.17. The van der Waals surface area contributed by atoms with Crippen LogP contribution in [0.15, 0.2) is 4.42 Å². The Morgan fingerprint density at radius 3 is 2.75 bits per heavy atom. The molecule has 0 radical (unpaired) electrons. The van der Waals surface area contributed by atoms with E-state index in [1.165, 1.54) is 12.0 Å². The van der Waals surface area contributed by atoms with Gasteiger partial charge in [0, 0.05) is 19.6 Å². The number of carboxylic acids is 1. The van der Waals surface area contributed by atoms with E-state index >= 15 is 0 Å². The van der Waals surface area contributed by atoms with Crippen molar-refractivity contribution in [2.24, 2.45) is 0 Å². The molecule has 110 valence electrons. The van der Waals surface area contributed by atoms with E-state index in [4.69, 9.17) is 14.3 Å². The molecule has 7 nitrogen and oxygen atoms in total. The van der Waals surface area contributed by atoms with Crippen molar-refractivity contribution >= 4 is 11.9 Å². The van der Waals surface area contributed by atoms with Crippen LogP contribution in [-0.2, 0) is 9.53 Å². The van der Waals surface area contributed by atoms with Crippen LogP contribution in [-0.4, -0.2) is 53.7 Å². The summed E-state index contributed by atoms with van der Waals surface area (Å²) in [5.41, 5.74) is 0.504. The molecule has 2 rings (SSSR count). The highest BCUT2D eigenvalue weighted by molar-refractivity contribution is 5.94. The number of aliphatic carboxylic acids is 1. The number of carbonyl (C=O) groups is 2. The van der Waals surface area contributed by atoms with Crippen LogP contribution in [0.2, 0.25) is 0 Å². The Labute approximate surface area is 116 Å². The number of methoxy groups -OCH3 is 1. The standard InChI is InChI=1S/C13H18N2O5/c1-8-11(20-12(14-8)9-3-4-9)13(18)15(5-6-19-2)7-10(16)17/h9H,3-7H2,1-2H3,(H,16,17). The largest absolute Gasteiger partial charge is 0.480 e. The van der Waals surface area contributed by atoms with E-state index in [0.717, 1.165) is 12.8 Å². The quantitative estimate of drug-likeness (QED) is 0.803. The van der Waals surface area contributed by atoms with Crippen LogP contribution < -0.4 is 0 Å². The van der Waals surface area contributed by atoms with Gasteiger partial charge in [-0.15, -0.1) is 0 Å². The first-order valence-corrected chi connectivity index (χ1v) is 6.50. The molecule has 0 aliphatic heterocycles. The van der Waals surface area contributed by atoms with Crippen LogP contribution in [0, 0.1) is 6.92 Å². The van der Waals surface area contributed by atoms with Gasteiger partial charge < -0.3 is 19.2 Å². The van der Waals surface area contributed by atoms with E-state index in [9.17, 15) is 9.59 Å². The predicted molar refractivity (Wildman–Crippen MR) is 68.6 cm³/mol. The number of nitrogens with zero attached hydrogens (tertiary/aromatic N) is 2. The molecule has 1 heterocycles. The summed E-state index contributed by atoms with van der Waals surface area (Å²) in [5.74, 6) is -0.519. The monoisotopic (exact) mass is 282 g/mol. The average molecular weight is 282 g/mol. The number of carboxylic acid groups (broad SMARTS) is 1.